The molecule has 0 spiro atoms. The molecule has 2 N–H and O–H groups in total. The zero-order valence-corrected chi connectivity index (χ0v) is 9.06. The first-order chi connectivity index (χ1) is 7.22. The molecule has 0 heterocycles. The fourth-order valence-corrected chi connectivity index (χ4v) is 1.07. The van der Waals surface area contributed by atoms with E-state index >= 15 is 0 Å². The number of hydrogen-bond acceptors (Lipinski definition) is 4. The Morgan fingerprint density at radius 3 is 2.60 bits per heavy atom. The number of ether oxygens (including phenoxy) is 1. The first-order valence-electron chi connectivity index (χ1n) is 4.85. The molecule has 84 valence electrons. The van der Waals surface area contributed by atoms with Crippen LogP contribution in [0.5, 0.6) is 5.75 Å². The number of hydrogen-bond donors (Lipinski definition) is 2. The fourth-order valence-electron chi connectivity index (χ4n) is 1.07. The number of aliphatic hydroxyl groups is 1. The maximum absolute atomic E-state index is 9.43. The summed E-state index contributed by atoms with van der Waals surface area (Å²) in [5.41, 5.74) is 3.75. The fraction of sp³-hybridized carbons (Fsp3) is 0.455. The van der Waals surface area contributed by atoms with Crippen LogP contribution in [0.2, 0.25) is 0 Å². The quantitative estimate of drug-likeness (QED) is 0.686. The van der Waals surface area contributed by atoms with Gasteiger partial charge in [0.05, 0.1) is 13.7 Å². The largest absolute Gasteiger partial charge is 0.491 e. The Balaban J connectivity index is 2.27. The van der Waals surface area contributed by atoms with Crippen molar-refractivity contribution >= 4 is 0 Å². The Kier molecular flexibility index (Phi) is 5.10. The van der Waals surface area contributed by atoms with E-state index in [1.807, 2.05) is 31.2 Å². The van der Waals surface area contributed by atoms with Gasteiger partial charge in [0.1, 0.15) is 18.5 Å². The molecule has 0 aliphatic rings. The molecule has 1 rings (SSSR count). The zero-order valence-electron chi connectivity index (χ0n) is 9.06. The summed E-state index contributed by atoms with van der Waals surface area (Å²) >= 11 is 0. The molecule has 0 saturated heterocycles. The predicted molar refractivity (Wildman–Crippen MR) is 57.7 cm³/mol. The highest BCUT2D eigenvalue weighted by atomic mass is 16.6. The van der Waals surface area contributed by atoms with Crippen molar-refractivity contribution in [2.24, 2.45) is 0 Å². The predicted octanol–water partition coefficient (Wildman–Crippen LogP) is 0.886. The molecule has 0 fully saturated rings. The Bertz CT molecular complexity index is 274. The van der Waals surface area contributed by atoms with Crippen LogP contribution in [0.3, 0.4) is 0 Å². The Labute approximate surface area is 89.8 Å². The second-order valence-electron chi connectivity index (χ2n) is 3.33. The van der Waals surface area contributed by atoms with Crippen LogP contribution in [0.1, 0.15) is 5.56 Å². The average molecular weight is 211 g/mol. The van der Waals surface area contributed by atoms with Crippen LogP contribution in [0, 0.1) is 6.92 Å². The van der Waals surface area contributed by atoms with Gasteiger partial charge in [-0.3, -0.25) is 0 Å². The molecule has 1 atom stereocenters. The molecule has 1 aromatic rings. The van der Waals surface area contributed by atoms with Crippen LogP contribution in [-0.2, 0) is 4.84 Å². The van der Waals surface area contributed by atoms with E-state index in [0.717, 1.165) is 5.75 Å². The molecule has 0 amide bonds. The van der Waals surface area contributed by atoms with E-state index in [4.69, 9.17) is 4.74 Å². The van der Waals surface area contributed by atoms with Crippen molar-refractivity contribution in [3.63, 3.8) is 0 Å². The first-order valence-corrected chi connectivity index (χ1v) is 4.85. The highest BCUT2D eigenvalue weighted by molar-refractivity contribution is 5.26. The van der Waals surface area contributed by atoms with Crippen molar-refractivity contribution in [1.29, 1.82) is 0 Å². The number of rotatable bonds is 6. The number of benzene rings is 1. The highest BCUT2D eigenvalue weighted by Crippen LogP contribution is 2.11. The number of hydroxylamine groups is 1. The normalized spacial score (nSPS) is 12.5. The molecule has 0 aliphatic carbocycles. The van der Waals surface area contributed by atoms with Gasteiger partial charge in [0.25, 0.3) is 0 Å². The molecular weight excluding hydrogens is 194 g/mol. The Hall–Kier alpha value is -1.10. The summed E-state index contributed by atoms with van der Waals surface area (Å²) in [7, 11) is 1.51. The highest BCUT2D eigenvalue weighted by Gasteiger charge is 2.04. The maximum Gasteiger partial charge on any atom is 0.119 e. The summed E-state index contributed by atoms with van der Waals surface area (Å²) < 4.78 is 5.37. The third kappa shape index (κ3) is 4.78. The third-order valence-corrected chi connectivity index (χ3v) is 1.93. The van der Waals surface area contributed by atoms with E-state index < -0.39 is 6.10 Å². The lowest BCUT2D eigenvalue weighted by atomic mass is 10.2. The van der Waals surface area contributed by atoms with Crippen molar-refractivity contribution < 1.29 is 14.7 Å². The van der Waals surface area contributed by atoms with Crippen molar-refractivity contribution in [2.75, 3.05) is 20.3 Å². The lowest BCUT2D eigenvalue weighted by molar-refractivity contribution is 0.0322. The SMILES string of the molecule is CONCC(O)COc1ccc(C)cc1. The lowest BCUT2D eigenvalue weighted by Crippen LogP contribution is -2.30. The molecule has 1 aromatic carbocycles. The van der Waals surface area contributed by atoms with E-state index in [1.54, 1.807) is 0 Å². The van der Waals surface area contributed by atoms with E-state index in [-0.39, 0.29) is 6.61 Å². The van der Waals surface area contributed by atoms with Crippen molar-refractivity contribution in [3.05, 3.63) is 29.8 Å². The Morgan fingerprint density at radius 1 is 1.33 bits per heavy atom. The number of aliphatic hydroxyl groups excluding tert-OH is 1. The van der Waals surface area contributed by atoms with Gasteiger partial charge in [0.15, 0.2) is 0 Å². The molecule has 0 aromatic heterocycles. The Morgan fingerprint density at radius 2 is 2.00 bits per heavy atom. The summed E-state index contributed by atoms with van der Waals surface area (Å²) in [6, 6.07) is 7.70. The minimum absolute atomic E-state index is 0.249. The number of aryl methyl sites for hydroxylation is 1. The summed E-state index contributed by atoms with van der Waals surface area (Å²) in [6.45, 7) is 2.61. The third-order valence-electron chi connectivity index (χ3n) is 1.93. The second-order valence-corrected chi connectivity index (χ2v) is 3.33. The molecule has 0 radical (unpaired) electrons. The van der Waals surface area contributed by atoms with E-state index in [1.165, 1.54) is 12.7 Å². The minimum atomic E-state index is -0.578. The van der Waals surface area contributed by atoms with Gasteiger partial charge >= 0.3 is 0 Å². The minimum Gasteiger partial charge on any atom is -0.491 e. The van der Waals surface area contributed by atoms with Crippen LogP contribution in [-0.4, -0.2) is 31.5 Å². The van der Waals surface area contributed by atoms with E-state index in [9.17, 15) is 5.11 Å². The summed E-state index contributed by atoms with van der Waals surface area (Å²) in [5.74, 6) is 0.761. The van der Waals surface area contributed by atoms with Gasteiger partial charge in [-0.1, -0.05) is 17.7 Å². The van der Waals surface area contributed by atoms with Gasteiger partial charge in [0.2, 0.25) is 0 Å². The zero-order chi connectivity index (χ0) is 11.1. The van der Waals surface area contributed by atoms with Gasteiger partial charge < -0.3 is 14.7 Å². The molecule has 0 bridgehead atoms. The van der Waals surface area contributed by atoms with Gasteiger partial charge in [0, 0.05) is 0 Å². The van der Waals surface area contributed by atoms with Crippen LogP contribution in [0.25, 0.3) is 0 Å². The lowest BCUT2D eigenvalue weighted by Gasteiger charge is -2.12. The standard InChI is InChI=1S/C11H17NO3/c1-9-3-5-11(6-4-9)15-8-10(13)7-12-14-2/h3-6,10,12-13H,7-8H2,1-2H3. The molecule has 1 unspecified atom stereocenters. The summed E-state index contributed by atoms with van der Waals surface area (Å²) in [5, 5.41) is 9.43. The van der Waals surface area contributed by atoms with Gasteiger partial charge in [-0.15, -0.1) is 0 Å². The van der Waals surface area contributed by atoms with Gasteiger partial charge in [-0.2, -0.15) is 0 Å². The summed E-state index contributed by atoms with van der Waals surface area (Å²) in [6.07, 6.45) is -0.578. The molecular formula is C11H17NO3. The summed E-state index contributed by atoms with van der Waals surface area (Å²) in [4.78, 5) is 4.61. The smallest absolute Gasteiger partial charge is 0.119 e. The van der Waals surface area contributed by atoms with Crippen LogP contribution in [0.15, 0.2) is 24.3 Å². The van der Waals surface area contributed by atoms with Gasteiger partial charge in [-0.05, 0) is 19.1 Å². The average Bonchev–Trinajstić information content (AvgIpc) is 2.25. The van der Waals surface area contributed by atoms with Crippen LogP contribution < -0.4 is 10.2 Å². The molecule has 4 heteroatoms. The molecule has 15 heavy (non-hydrogen) atoms. The monoisotopic (exact) mass is 211 g/mol. The topological polar surface area (TPSA) is 50.7 Å². The van der Waals surface area contributed by atoms with E-state index in [2.05, 4.69) is 10.3 Å². The molecule has 0 aliphatic heterocycles. The number of nitrogens with one attached hydrogen (secondary N) is 1. The second kappa shape index (κ2) is 6.40. The van der Waals surface area contributed by atoms with Gasteiger partial charge in [-0.25, -0.2) is 5.48 Å². The maximum atomic E-state index is 9.43. The van der Waals surface area contributed by atoms with Crippen molar-refractivity contribution in [2.45, 2.75) is 13.0 Å². The molecule has 4 nitrogen and oxygen atoms in total. The van der Waals surface area contributed by atoms with Crippen LogP contribution in [0.4, 0.5) is 0 Å². The van der Waals surface area contributed by atoms with Crippen molar-refractivity contribution in [3.8, 4) is 5.75 Å². The van der Waals surface area contributed by atoms with E-state index in [0.29, 0.717) is 6.54 Å². The van der Waals surface area contributed by atoms with Crippen LogP contribution >= 0.6 is 0 Å². The van der Waals surface area contributed by atoms with Crippen molar-refractivity contribution in [1.82, 2.24) is 5.48 Å². The first kappa shape index (κ1) is 12.0. The molecule has 0 saturated carbocycles.